The van der Waals surface area contributed by atoms with Crippen LogP contribution in [0.4, 0.5) is 5.69 Å². The highest BCUT2D eigenvalue weighted by Gasteiger charge is 2.24. The van der Waals surface area contributed by atoms with Crippen molar-refractivity contribution >= 4 is 46.2 Å². The number of carbonyl (C=O) groups excluding carboxylic acids is 1. The number of aliphatic imine (C=N–C) groups is 1. The second-order valence-electron chi connectivity index (χ2n) is 7.78. The molecular weight excluding hydrogens is 464 g/mol. The van der Waals surface area contributed by atoms with Gasteiger partial charge in [0.1, 0.15) is 12.4 Å². The Bertz CT molecular complexity index is 1250. The average Bonchev–Trinajstić information content (AvgIpc) is 3.18. The van der Waals surface area contributed by atoms with Gasteiger partial charge in [0.05, 0.1) is 10.6 Å². The lowest BCUT2D eigenvalue weighted by Crippen LogP contribution is -2.19. The van der Waals surface area contributed by atoms with Gasteiger partial charge in [0.15, 0.2) is 5.17 Å². The van der Waals surface area contributed by atoms with Gasteiger partial charge in [-0.2, -0.15) is 0 Å². The predicted octanol–water partition coefficient (Wildman–Crippen LogP) is 7.10. The first-order chi connectivity index (χ1) is 16.5. The second-order valence-corrected chi connectivity index (χ2v) is 9.24. The van der Waals surface area contributed by atoms with Crippen LogP contribution < -0.4 is 10.1 Å². The number of benzene rings is 3. The first kappa shape index (κ1) is 23.9. The summed E-state index contributed by atoms with van der Waals surface area (Å²) in [4.78, 5) is 17.7. The zero-order valence-electron chi connectivity index (χ0n) is 18.9. The minimum atomic E-state index is -0.151. The van der Waals surface area contributed by atoms with Crippen molar-refractivity contribution in [1.29, 1.82) is 0 Å². The summed E-state index contributed by atoms with van der Waals surface area (Å²) >= 11 is 7.30. The van der Waals surface area contributed by atoms with Crippen LogP contribution in [0.5, 0.6) is 5.75 Å². The van der Waals surface area contributed by atoms with Crippen LogP contribution in [0.15, 0.2) is 89.3 Å². The van der Waals surface area contributed by atoms with Gasteiger partial charge in [-0.05, 0) is 89.3 Å². The van der Waals surface area contributed by atoms with Crippen molar-refractivity contribution in [2.45, 2.75) is 26.4 Å². The van der Waals surface area contributed by atoms with Crippen molar-refractivity contribution < 1.29 is 9.53 Å². The molecule has 4 rings (SSSR count). The molecule has 0 saturated carbocycles. The largest absolute Gasteiger partial charge is 0.489 e. The van der Waals surface area contributed by atoms with Gasteiger partial charge >= 0.3 is 0 Å². The summed E-state index contributed by atoms with van der Waals surface area (Å²) in [5.74, 6) is 0.639. The summed E-state index contributed by atoms with van der Waals surface area (Å²) in [5.41, 5.74) is 5.03. The van der Waals surface area contributed by atoms with Crippen LogP contribution in [0.25, 0.3) is 6.08 Å². The van der Waals surface area contributed by atoms with E-state index in [2.05, 4.69) is 35.9 Å². The van der Waals surface area contributed by atoms with E-state index in [9.17, 15) is 4.79 Å². The van der Waals surface area contributed by atoms with Crippen LogP contribution in [-0.2, 0) is 24.2 Å². The molecule has 1 fully saturated rings. The van der Waals surface area contributed by atoms with E-state index in [1.165, 1.54) is 17.3 Å². The molecule has 1 aliphatic rings. The number of halogens is 1. The van der Waals surface area contributed by atoms with Gasteiger partial charge < -0.3 is 10.1 Å². The molecule has 1 N–H and O–H groups in total. The molecule has 1 heterocycles. The molecular formula is C28H25ClN2O2S. The minimum Gasteiger partial charge on any atom is -0.489 e. The highest BCUT2D eigenvalue weighted by molar-refractivity contribution is 8.18. The number of aryl methyl sites for hydroxylation is 1. The quantitative estimate of drug-likeness (QED) is 0.271. The third-order valence-corrected chi connectivity index (χ3v) is 6.44. The number of carbonyl (C=O) groups is 1. The zero-order valence-corrected chi connectivity index (χ0v) is 20.5. The highest BCUT2D eigenvalue weighted by atomic mass is 35.5. The molecule has 0 spiro atoms. The van der Waals surface area contributed by atoms with Crippen LogP contribution in [0.3, 0.4) is 0 Å². The SMILES string of the molecule is C=CCc1cc(/C=C2\SC(=Nc3ccc(CC)cc3)NC2=O)ccc1OCc1ccc(Cl)cc1. The van der Waals surface area contributed by atoms with Crippen molar-refractivity contribution in [2.75, 3.05) is 0 Å². The van der Waals surface area contributed by atoms with Gasteiger partial charge in [-0.25, -0.2) is 4.99 Å². The number of nitrogens with one attached hydrogen (secondary N) is 1. The number of nitrogens with zero attached hydrogens (tertiary/aromatic N) is 1. The molecule has 34 heavy (non-hydrogen) atoms. The van der Waals surface area contributed by atoms with Crippen molar-refractivity contribution in [3.05, 3.63) is 112 Å². The molecule has 0 bridgehead atoms. The highest BCUT2D eigenvalue weighted by Crippen LogP contribution is 2.30. The van der Waals surface area contributed by atoms with Crippen LogP contribution in [0, 0.1) is 0 Å². The topological polar surface area (TPSA) is 50.7 Å². The first-order valence-corrected chi connectivity index (χ1v) is 12.2. The molecule has 0 atom stereocenters. The van der Waals surface area contributed by atoms with E-state index < -0.39 is 0 Å². The van der Waals surface area contributed by atoms with Gasteiger partial charge in [-0.1, -0.05) is 54.9 Å². The summed E-state index contributed by atoms with van der Waals surface area (Å²) in [6, 6.07) is 21.5. The lowest BCUT2D eigenvalue weighted by Gasteiger charge is -2.12. The third kappa shape index (κ3) is 6.19. The number of hydrogen-bond acceptors (Lipinski definition) is 4. The fourth-order valence-corrected chi connectivity index (χ4v) is 4.41. The second kappa shape index (κ2) is 11.2. The molecule has 3 aromatic carbocycles. The van der Waals surface area contributed by atoms with E-state index in [0.717, 1.165) is 34.5 Å². The number of amides is 1. The maximum Gasteiger partial charge on any atom is 0.264 e. The monoisotopic (exact) mass is 488 g/mol. The van der Waals surface area contributed by atoms with E-state index in [1.54, 1.807) is 0 Å². The van der Waals surface area contributed by atoms with Crippen LogP contribution in [-0.4, -0.2) is 11.1 Å². The lowest BCUT2D eigenvalue weighted by atomic mass is 10.1. The Morgan fingerprint density at radius 1 is 1.06 bits per heavy atom. The average molecular weight is 489 g/mol. The van der Waals surface area contributed by atoms with Gasteiger partial charge in [0.25, 0.3) is 5.91 Å². The van der Waals surface area contributed by atoms with Crippen molar-refractivity contribution in [3.63, 3.8) is 0 Å². The Morgan fingerprint density at radius 2 is 1.79 bits per heavy atom. The molecule has 1 aliphatic heterocycles. The third-order valence-electron chi connectivity index (χ3n) is 5.28. The molecule has 1 amide bonds. The van der Waals surface area contributed by atoms with Gasteiger partial charge in [-0.15, -0.1) is 6.58 Å². The van der Waals surface area contributed by atoms with Crippen molar-refractivity contribution in [3.8, 4) is 5.75 Å². The minimum absolute atomic E-state index is 0.151. The zero-order chi connectivity index (χ0) is 23.9. The molecule has 0 aliphatic carbocycles. The molecule has 0 unspecified atom stereocenters. The Kier molecular flexibility index (Phi) is 7.88. The normalized spacial score (nSPS) is 15.5. The summed E-state index contributed by atoms with van der Waals surface area (Å²) in [5, 5.41) is 4.13. The predicted molar refractivity (Wildman–Crippen MR) is 143 cm³/mol. The molecule has 3 aromatic rings. The van der Waals surface area contributed by atoms with Crippen LogP contribution in [0.1, 0.15) is 29.2 Å². The Balaban J connectivity index is 1.49. The maximum absolute atomic E-state index is 12.5. The van der Waals surface area contributed by atoms with E-state index in [0.29, 0.717) is 28.1 Å². The number of rotatable bonds is 8. The van der Waals surface area contributed by atoms with E-state index >= 15 is 0 Å². The summed E-state index contributed by atoms with van der Waals surface area (Å²) in [6.45, 7) is 6.42. The standard InChI is InChI=1S/C28H25ClN2O2S/c1-3-5-22-16-21(10-15-25(22)33-18-20-6-11-23(29)12-7-20)17-26-27(32)31-28(34-26)30-24-13-8-19(4-2)9-14-24/h3,6-17H,1,4-5,18H2,2H3,(H,30,31,32)/b26-17-. The lowest BCUT2D eigenvalue weighted by molar-refractivity contribution is -0.115. The van der Waals surface area contributed by atoms with Crippen molar-refractivity contribution in [2.24, 2.45) is 4.99 Å². The molecule has 4 nitrogen and oxygen atoms in total. The summed E-state index contributed by atoms with van der Waals surface area (Å²) in [7, 11) is 0. The molecule has 0 radical (unpaired) electrons. The first-order valence-electron chi connectivity index (χ1n) is 11.0. The Labute approximate surface area is 209 Å². The number of amidine groups is 1. The van der Waals surface area contributed by atoms with Crippen LogP contribution in [0.2, 0.25) is 5.02 Å². The maximum atomic E-state index is 12.5. The molecule has 172 valence electrons. The smallest absolute Gasteiger partial charge is 0.264 e. The van der Waals surface area contributed by atoms with E-state index in [4.69, 9.17) is 16.3 Å². The summed E-state index contributed by atoms with van der Waals surface area (Å²) in [6.07, 6.45) is 5.35. The van der Waals surface area contributed by atoms with Gasteiger partial charge in [-0.3, -0.25) is 4.79 Å². The number of thioether (sulfide) groups is 1. The van der Waals surface area contributed by atoms with E-state index in [-0.39, 0.29) is 5.91 Å². The van der Waals surface area contributed by atoms with Crippen LogP contribution >= 0.6 is 23.4 Å². The number of ether oxygens (including phenoxy) is 1. The van der Waals surface area contributed by atoms with Crippen molar-refractivity contribution in [1.82, 2.24) is 5.32 Å². The Morgan fingerprint density at radius 3 is 2.50 bits per heavy atom. The summed E-state index contributed by atoms with van der Waals surface area (Å²) < 4.78 is 6.05. The van der Waals surface area contributed by atoms with Gasteiger partial charge in [0, 0.05) is 5.02 Å². The molecule has 0 aromatic heterocycles. The van der Waals surface area contributed by atoms with E-state index in [1.807, 2.05) is 66.7 Å². The Hall–Kier alpha value is -3.28. The fraction of sp³-hybridized carbons (Fsp3) is 0.143. The number of hydrogen-bond donors (Lipinski definition) is 1. The molecule has 6 heteroatoms. The number of allylic oxidation sites excluding steroid dienone is 1. The fourth-order valence-electron chi connectivity index (χ4n) is 3.44. The van der Waals surface area contributed by atoms with Gasteiger partial charge in [0.2, 0.25) is 0 Å². The molecule has 1 saturated heterocycles.